The third-order valence-electron chi connectivity index (χ3n) is 4.54. The van der Waals surface area contributed by atoms with Crippen molar-refractivity contribution >= 4 is 34.1 Å². The standard InChI is InChI=1S/C22H18N4O2/c1-14-16(21(27)23-15-8-3-2-4-9-15)11-7-13-18(14)24-22(28)20-17-10-5-6-12-19(17)25-26-20/h2-13H,1H3,(H,23,27)(H,24,28)(H,25,26). The molecule has 3 aromatic carbocycles. The van der Waals surface area contributed by atoms with E-state index in [-0.39, 0.29) is 11.8 Å². The molecule has 0 saturated heterocycles. The number of carbonyl (C=O) groups excluding carboxylic acids is 2. The van der Waals surface area contributed by atoms with Crippen LogP contribution in [0.25, 0.3) is 10.9 Å². The summed E-state index contributed by atoms with van der Waals surface area (Å²) in [7, 11) is 0. The molecule has 0 radical (unpaired) electrons. The number of amides is 2. The molecule has 0 aliphatic heterocycles. The summed E-state index contributed by atoms with van der Waals surface area (Å²) in [6.07, 6.45) is 0. The second kappa shape index (κ2) is 7.36. The number of hydrogen-bond donors (Lipinski definition) is 3. The lowest BCUT2D eigenvalue weighted by molar-refractivity contribution is 0.101. The molecule has 4 rings (SSSR count). The summed E-state index contributed by atoms with van der Waals surface area (Å²) in [4.78, 5) is 25.4. The second-order valence-corrected chi connectivity index (χ2v) is 6.37. The van der Waals surface area contributed by atoms with E-state index in [0.717, 1.165) is 10.9 Å². The molecule has 0 saturated carbocycles. The highest BCUT2D eigenvalue weighted by molar-refractivity contribution is 6.12. The molecule has 28 heavy (non-hydrogen) atoms. The molecule has 2 amide bonds. The molecule has 138 valence electrons. The van der Waals surface area contributed by atoms with Gasteiger partial charge < -0.3 is 10.6 Å². The fourth-order valence-electron chi connectivity index (χ4n) is 3.06. The van der Waals surface area contributed by atoms with Gasteiger partial charge >= 0.3 is 0 Å². The van der Waals surface area contributed by atoms with Crippen LogP contribution in [0.4, 0.5) is 11.4 Å². The SMILES string of the molecule is Cc1c(NC(=O)c2n[nH]c3ccccc23)cccc1C(=O)Nc1ccccc1. The molecule has 1 aromatic heterocycles. The lowest BCUT2D eigenvalue weighted by atomic mass is 10.1. The van der Waals surface area contributed by atoms with Crippen molar-refractivity contribution in [2.75, 3.05) is 10.6 Å². The van der Waals surface area contributed by atoms with Gasteiger partial charge in [-0.1, -0.05) is 42.5 Å². The summed E-state index contributed by atoms with van der Waals surface area (Å²) in [6.45, 7) is 1.80. The average Bonchev–Trinajstić information content (AvgIpc) is 3.14. The van der Waals surface area contributed by atoms with Crippen LogP contribution < -0.4 is 10.6 Å². The van der Waals surface area contributed by atoms with Crippen LogP contribution >= 0.6 is 0 Å². The highest BCUT2D eigenvalue weighted by Crippen LogP contribution is 2.22. The van der Waals surface area contributed by atoms with Gasteiger partial charge in [0.05, 0.1) is 5.52 Å². The van der Waals surface area contributed by atoms with Gasteiger partial charge in [0.2, 0.25) is 0 Å². The lowest BCUT2D eigenvalue weighted by Gasteiger charge is -2.12. The van der Waals surface area contributed by atoms with Crippen LogP contribution in [-0.2, 0) is 0 Å². The Morgan fingerprint density at radius 3 is 2.39 bits per heavy atom. The van der Waals surface area contributed by atoms with Crippen molar-refractivity contribution in [3.8, 4) is 0 Å². The second-order valence-electron chi connectivity index (χ2n) is 6.37. The monoisotopic (exact) mass is 370 g/mol. The fraction of sp³-hybridized carbons (Fsp3) is 0.0455. The quantitative estimate of drug-likeness (QED) is 0.498. The predicted octanol–water partition coefficient (Wildman–Crippen LogP) is 4.38. The van der Waals surface area contributed by atoms with Crippen LogP contribution in [0.1, 0.15) is 26.4 Å². The van der Waals surface area contributed by atoms with Gasteiger partial charge in [-0.05, 0) is 42.8 Å². The molecule has 0 aliphatic rings. The first-order valence-electron chi connectivity index (χ1n) is 8.84. The number of H-pyrrole nitrogens is 1. The summed E-state index contributed by atoms with van der Waals surface area (Å²) >= 11 is 0. The average molecular weight is 370 g/mol. The number of aromatic nitrogens is 2. The molecule has 0 atom stereocenters. The number of fused-ring (bicyclic) bond motifs is 1. The Hall–Kier alpha value is -3.93. The molecule has 0 bridgehead atoms. The summed E-state index contributed by atoms with van der Waals surface area (Å²) in [6, 6.07) is 21.9. The van der Waals surface area contributed by atoms with Crippen molar-refractivity contribution in [1.29, 1.82) is 0 Å². The number of aromatic amines is 1. The third kappa shape index (κ3) is 3.35. The summed E-state index contributed by atoms with van der Waals surface area (Å²) in [5, 5.41) is 13.4. The Kier molecular flexibility index (Phi) is 4.60. The van der Waals surface area contributed by atoms with Crippen molar-refractivity contribution in [3.05, 3.63) is 89.6 Å². The molecular weight excluding hydrogens is 352 g/mol. The molecule has 0 fully saturated rings. The van der Waals surface area contributed by atoms with E-state index in [4.69, 9.17) is 0 Å². The Balaban J connectivity index is 1.58. The number of carbonyl (C=O) groups is 2. The maximum Gasteiger partial charge on any atom is 0.276 e. The zero-order valence-corrected chi connectivity index (χ0v) is 15.2. The van der Waals surface area contributed by atoms with Gasteiger partial charge in [-0.25, -0.2) is 0 Å². The maximum absolute atomic E-state index is 12.7. The number of para-hydroxylation sites is 2. The lowest BCUT2D eigenvalue weighted by Crippen LogP contribution is -2.17. The van der Waals surface area contributed by atoms with Crippen molar-refractivity contribution in [2.24, 2.45) is 0 Å². The maximum atomic E-state index is 12.7. The first kappa shape index (κ1) is 17.5. The zero-order chi connectivity index (χ0) is 19.5. The zero-order valence-electron chi connectivity index (χ0n) is 15.2. The first-order chi connectivity index (χ1) is 13.6. The number of nitrogens with one attached hydrogen (secondary N) is 3. The van der Waals surface area contributed by atoms with Crippen LogP contribution in [0.3, 0.4) is 0 Å². The Morgan fingerprint density at radius 2 is 1.57 bits per heavy atom. The van der Waals surface area contributed by atoms with Crippen LogP contribution in [0, 0.1) is 6.92 Å². The number of nitrogens with zero attached hydrogens (tertiary/aromatic N) is 1. The summed E-state index contributed by atoms with van der Waals surface area (Å²) in [5.74, 6) is -0.564. The minimum Gasteiger partial charge on any atom is -0.322 e. The predicted molar refractivity (Wildman–Crippen MR) is 110 cm³/mol. The Bertz CT molecular complexity index is 1170. The third-order valence-corrected chi connectivity index (χ3v) is 4.54. The highest BCUT2D eigenvalue weighted by atomic mass is 16.2. The van der Waals surface area contributed by atoms with E-state index in [1.807, 2.05) is 54.6 Å². The number of benzene rings is 3. The van der Waals surface area contributed by atoms with Gasteiger partial charge in [-0.15, -0.1) is 0 Å². The van der Waals surface area contributed by atoms with E-state index < -0.39 is 0 Å². The molecule has 1 heterocycles. The molecule has 6 heteroatoms. The summed E-state index contributed by atoms with van der Waals surface area (Å²) in [5.41, 5.74) is 3.56. The van der Waals surface area contributed by atoms with Gasteiger partial charge in [0.15, 0.2) is 5.69 Å². The van der Waals surface area contributed by atoms with E-state index in [1.165, 1.54) is 0 Å². The number of hydrogen-bond acceptors (Lipinski definition) is 3. The number of rotatable bonds is 4. The van der Waals surface area contributed by atoms with E-state index in [9.17, 15) is 9.59 Å². The molecular formula is C22H18N4O2. The molecule has 6 nitrogen and oxygen atoms in total. The molecule has 4 aromatic rings. The van der Waals surface area contributed by atoms with Gasteiger partial charge in [0.1, 0.15) is 0 Å². The molecule has 0 spiro atoms. The first-order valence-corrected chi connectivity index (χ1v) is 8.84. The van der Waals surface area contributed by atoms with Gasteiger partial charge in [0.25, 0.3) is 11.8 Å². The largest absolute Gasteiger partial charge is 0.322 e. The fourth-order valence-corrected chi connectivity index (χ4v) is 3.06. The minimum absolute atomic E-state index is 0.231. The smallest absolute Gasteiger partial charge is 0.276 e. The van der Waals surface area contributed by atoms with Crippen molar-refractivity contribution in [2.45, 2.75) is 6.92 Å². The number of anilines is 2. The normalized spacial score (nSPS) is 10.6. The molecule has 0 unspecified atom stereocenters. The van der Waals surface area contributed by atoms with Crippen LogP contribution in [-0.4, -0.2) is 22.0 Å². The Labute approximate surface area is 161 Å². The molecule has 3 N–H and O–H groups in total. The van der Waals surface area contributed by atoms with E-state index >= 15 is 0 Å². The van der Waals surface area contributed by atoms with E-state index in [0.29, 0.717) is 28.2 Å². The topological polar surface area (TPSA) is 86.9 Å². The van der Waals surface area contributed by atoms with Crippen LogP contribution in [0.5, 0.6) is 0 Å². The van der Waals surface area contributed by atoms with Crippen LogP contribution in [0.15, 0.2) is 72.8 Å². The van der Waals surface area contributed by atoms with Crippen LogP contribution in [0.2, 0.25) is 0 Å². The van der Waals surface area contributed by atoms with E-state index in [1.54, 1.807) is 25.1 Å². The molecule has 0 aliphatic carbocycles. The van der Waals surface area contributed by atoms with Crippen molar-refractivity contribution < 1.29 is 9.59 Å². The van der Waals surface area contributed by atoms with Gasteiger partial charge in [0, 0.05) is 22.3 Å². The van der Waals surface area contributed by atoms with E-state index in [2.05, 4.69) is 20.8 Å². The van der Waals surface area contributed by atoms with Crippen molar-refractivity contribution in [3.63, 3.8) is 0 Å². The van der Waals surface area contributed by atoms with Gasteiger partial charge in [-0.2, -0.15) is 5.10 Å². The highest BCUT2D eigenvalue weighted by Gasteiger charge is 2.17. The Morgan fingerprint density at radius 1 is 0.821 bits per heavy atom. The summed E-state index contributed by atoms with van der Waals surface area (Å²) < 4.78 is 0. The van der Waals surface area contributed by atoms with Crippen molar-refractivity contribution in [1.82, 2.24) is 10.2 Å². The minimum atomic E-state index is -0.332. The van der Waals surface area contributed by atoms with Gasteiger partial charge in [-0.3, -0.25) is 14.7 Å².